The van der Waals surface area contributed by atoms with Crippen molar-refractivity contribution in [2.75, 3.05) is 0 Å². The Bertz CT molecular complexity index is 1240. The summed E-state index contributed by atoms with van der Waals surface area (Å²) in [6, 6.07) is 10.5. The molecule has 4 aromatic rings. The van der Waals surface area contributed by atoms with Gasteiger partial charge in [0.1, 0.15) is 5.01 Å². The second-order valence-electron chi connectivity index (χ2n) is 7.08. The molecular weight excluding hydrogens is 445 g/mol. The van der Waals surface area contributed by atoms with Crippen molar-refractivity contribution < 1.29 is 23.1 Å². The van der Waals surface area contributed by atoms with Crippen LogP contribution >= 0.6 is 22.7 Å². The highest BCUT2D eigenvalue weighted by atomic mass is 32.1. The van der Waals surface area contributed by atoms with Gasteiger partial charge >= 0.3 is 12.1 Å². The third-order valence-corrected chi connectivity index (χ3v) is 7.11. The summed E-state index contributed by atoms with van der Waals surface area (Å²) in [5, 5.41) is 10.6. The zero-order valence-corrected chi connectivity index (χ0v) is 18.0. The van der Waals surface area contributed by atoms with Crippen molar-refractivity contribution in [2.24, 2.45) is 0 Å². The zero-order valence-electron chi connectivity index (χ0n) is 16.4. The molecule has 160 valence electrons. The number of aliphatic carboxylic acids is 1. The number of benzene rings is 2. The summed E-state index contributed by atoms with van der Waals surface area (Å²) in [5.74, 6) is -0.867. The predicted molar refractivity (Wildman–Crippen MR) is 116 cm³/mol. The summed E-state index contributed by atoms with van der Waals surface area (Å²) in [7, 11) is 0. The Labute approximate surface area is 184 Å². The van der Waals surface area contributed by atoms with Gasteiger partial charge < -0.3 is 5.11 Å². The van der Waals surface area contributed by atoms with Crippen LogP contribution in [0.3, 0.4) is 0 Å². The highest BCUT2D eigenvalue weighted by molar-refractivity contribution is 7.18. The number of aromatic nitrogens is 2. The lowest BCUT2D eigenvalue weighted by atomic mass is 10.1. The maximum atomic E-state index is 12.8. The van der Waals surface area contributed by atoms with Crippen molar-refractivity contribution in [1.29, 1.82) is 0 Å². The van der Waals surface area contributed by atoms with Crippen LogP contribution in [-0.2, 0) is 30.2 Å². The topological polar surface area (TPSA) is 63.1 Å². The quantitative estimate of drug-likeness (QED) is 0.373. The highest BCUT2D eigenvalue weighted by Crippen LogP contribution is 2.33. The molecule has 0 unspecified atom stereocenters. The minimum atomic E-state index is -4.35. The number of halogens is 3. The molecule has 0 aliphatic carbocycles. The minimum Gasteiger partial charge on any atom is -0.481 e. The number of carbonyl (C=O) groups is 1. The molecule has 0 aliphatic rings. The van der Waals surface area contributed by atoms with E-state index in [1.54, 1.807) is 17.4 Å². The normalized spacial score (nSPS) is 11.9. The van der Waals surface area contributed by atoms with Crippen LogP contribution in [0.25, 0.3) is 20.8 Å². The Balaban J connectivity index is 1.48. The first-order valence-corrected chi connectivity index (χ1v) is 11.1. The van der Waals surface area contributed by atoms with Gasteiger partial charge in [0, 0.05) is 16.9 Å². The van der Waals surface area contributed by atoms with Crippen molar-refractivity contribution in [3.63, 3.8) is 0 Å². The Morgan fingerprint density at radius 1 is 1.03 bits per heavy atom. The Kier molecular flexibility index (Phi) is 5.81. The van der Waals surface area contributed by atoms with Gasteiger partial charge in [-0.15, -0.1) is 22.7 Å². The van der Waals surface area contributed by atoms with Gasteiger partial charge in [-0.2, -0.15) is 13.2 Å². The molecule has 2 heterocycles. The van der Waals surface area contributed by atoms with Crippen LogP contribution < -0.4 is 0 Å². The first-order chi connectivity index (χ1) is 14.7. The molecule has 0 radical (unpaired) electrons. The third kappa shape index (κ3) is 4.94. The van der Waals surface area contributed by atoms with E-state index in [2.05, 4.69) is 9.97 Å². The second kappa shape index (κ2) is 8.39. The molecular formula is C22H17F3N2O2S2. The summed E-state index contributed by atoms with van der Waals surface area (Å²) in [5.41, 5.74) is 2.45. The second-order valence-corrected chi connectivity index (χ2v) is 9.28. The summed E-state index contributed by atoms with van der Waals surface area (Å²) < 4.78 is 39.2. The van der Waals surface area contributed by atoms with Crippen molar-refractivity contribution in [3.05, 3.63) is 69.2 Å². The van der Waals surface area contributed by atoms with Crippen molar-refractivity contribution in [3.8, 4) is 10.6 Å². The molecule has 2 aromatic carbocycles. The van der Waals surface area contributed by atoms with E-state index >= 15 is 0 Å². The van der Waals surface area contributed by atoms with E-state index in [1.807, 2.05) is 19.1 Å². The van der Waals surface area contributed by atoms with E-state index in [9.17, 15) is 18.0 Å². The molecule has 0 aliphatic heterocycles. The smallest absolute Gasteiger partial charge is 0.416 e. The standard InChI is InChI=1S/C22H17F3N2O2S2/c1-12-17(31-21(26-12)14-3-5-15(6-4-14)22(23,24)25)8-9-19-27-16-7-2-13(11-20(28)29)10-18(16)30-19/h2-7,10H,8-9,11H2,1H3,(H,28,29). The number of rotatable bonds is 6. The molecule has 9 heteroatoms. The van der Waals surface area contributed by atoms with Gasteiger partial charge in [0.2, 0.25) is 0 Å². The van der Waals surface area contributed by atoms with E-state index in [4.69, 9.17) is 5.11 Å². The average molecular weight is 463 g/mol. The first-order valence-electron chi connectivity index (χ1n) is 9.43. The summed E-state index contributed by atoms with van der Waals surface area (Å²) in [6.07, 6.45) is -2.93. The monoisotopic (exact) mass is 462 g/mol. The van der Waals surface area contributed by atoms with Gasteiger partial charge in [0.15, 0.2) is 0 Å². The summed E-state index contributed by atoms with van der Waals surface area (Å²) >= 11 is 3.02. The van der Waals surface area contributed by atoms with Crippen LogP contribution in [0.15, 0.2) is 42.5 Å². The van der Waals surface area contributed by atoms with E-state index in [0.717, 1.165) is 49.9 Å². The molecule has 0 spiro atoms. The molecule has 0 amide bonds. The van der Waals surface area contributed by atoms with Crippen molar-refractivity contribution >= 4 is 38.9 Å². The Morgan fingerprint density at radius 2 is 1.77 bits per heavy atom. The number of carboxylic acids is 1. The molecule has 0 fully saturated rings. The highest BCUT2D eigenvalue weighted by Gasteiger charge is 2.30. The van der Waals surface area contributed by atoms with Gasteiger partial charge in [-0.25, -0.2) is 9.97 Å². The van der Waals surface area contributed by atoms with Crippen LogP contribution in [-0.4, -0.2) is 21.0 Å². The predicted octanol–water partition coefficient (Wildman–Crippen LogP) is 6.16. The van der Waals surface area contributed by atoms with Gasteiger partial charge in [0.05, 0.1) is 32.9 Å². The molecule has 31 heavy (non-hydrogen) atoms. The Hall–Kier alpha value is -2.78. The number of hydrogen-bond acceptors (Lipinski definition) is 5. The largest absolute Gasteiger partial charge is 0.481 e. The Morgan fingerprint density at radius 3 is 2.45 bits per heavy atom. The number of hydrogen-bond donors (Lipinski definition) is 1. The fourth-order valence-electron chi connectivity index (χ4n) is 3.21. The van der Waals surface area contributed by atoms with Gasteiger partial charge in [-0.05, 0) is 43.2 Å². The fraction of sp³-hybridized carbons (Fsp3) is 0.227. The van der Waals surface area contributed by atoms with Crippen LogP contribution in [0.4, 0.5) is 13.2 Å². The molecule has 0 saturated carbocycles. The third-order valence-electron chi connectivity index (χ3n) is 4.77. The number of fused-ring (bicyclic) bond motifs is 1. The number of alkyl halides is 3. The van der Waals surface area contributed by atoms with Crippen LogP contribution in [0.5, 0.6) is 0 Å². The lowest BCUT2D eigenvalue weighted by Gasteiger charge is -2.06. The summed E-state index contributed by atoms with van der Waals surface area (Å²) in [6.45, 7) is 1.90. The maximum absolute atomic E-state index is 12.8. The zero-order chi connectivity index (χ0) is 22.2. The number of aryl methyl sites for hydroxylation is 3. The van der Waals surface area contributed by atoms with Gasteiger partial charge in [-0.1, -0.05) is 18.2 Å². The van der Waals surface area contributed by atoms with Crippen LogP contribution in [0.1, 0.15) is 26.7 Å². The lowest BCUT2D eigenvalue weighted by Crippen LogP contribution is -2.03. The molecule has 1 N–H and O–H groups in total. The van der Waals surface area contributed by atoms with E-state index in [0.29, 0.717) is 17.0 Å². The summed E-state index contributed by atoms with van der Waals surface area (Å²) in [4.78, 5) is 21.1. The number of thiazole rings is 2. The number of nitrogens with zero attached hydrogens (tertiary/aromatic N) is 2. The lowest BCUT2D eigenvalue weighted by molar-refractivity contribution is -0.138. The van der Waals surface area contributed by atoms with Crippen molar-refractivity contribution in [1.82, 2.24) is 9.97 Å². The van der Waals surface area contributed by atoms with E-state index in [-0.39, 0.29) is 6.42 Å². The van der Waals surface area contributed by atoms with Crippen molar-refractivity contribution in [2.45, 2.75) is 32.4 Å². The molecule has 2 aromatic heterocycles. The molecule has 0 atom stereocenters. The van der Waals surface area contributed by atoms with Crippen LogP contribution in [0, 0.1) is 6.92 Å². The maximum Gasteiger partial charge on any atom is 0.416 e. The van der Waals surface area contributed by atoms with Gasteiger partial charge in [0.25, 0.3) is 0 Å². The molecule has 0 bridgehead atoms. The SMILES string of the molecule is Cc1nc(-c2ccc(C(F)(F)F)cc2)sc1CCc1nc2ccc(CC(=O)O)cc2s1. The molecule has 0 saturated heterocycles. The van der Waals surface area contributed by atoms with E-state index < -0.39 is 17.7 Å². The van der Waals surface area contributed by atoms with Gasteiger partial charge in [-0.3, -0.25) is 4.79 Å². The molecule has 4 rings (SSSR count). The number of carboxylic acid groups (broad SMARTS) is 1. The molecule has 4 nitrogen and oxygen atoms in total. The fourth-order valence-corrected chi connectivity index (χ4v) is 5.31. The van der Waals surface area contributed by atoms with Crippen LogP contribution in [0.2, 0.25) is 0 Å². The first kappa shape index (κ1) is 21.5. The van der Waals surface area contributed by atoms with E-state index in [1.165, 1.54) is 23.5 Å². The minimum absolute atomic E-state index is 0.0179. The average Bonchev–Trinajstić information content (AvgIpc) is 3.28.